The zero-order valence-corrected chi connectivity index (χ0v) is 26.1. The van der Waals surface area contributed by atoms with Crippen LogP contribution in [0.3, 0.4) is 0 Å². The smallest absolute Gasteiger partial charge is 0.146 e. The molecule has 0 bridgehead atoms. The van der Waals surface area contributed by atoms with Crippen LogP contribution in [-0.2, 0) is 17.1 Å². The van der Waals surface area contributed by atoms with Gasteiger partial charge in [-0.05, 0) is 0 Å². The number of halogens is 10. The minimum Gasteiger partial charge on any atom is -0.146 e. The standard InChI is InChI=1S/2C5Br5.Fe/c2*6-1-2(7)4(9)5(10)3(1)8;/q2*-1;+2. The molecule has 0 unspecified atom stereocenters. The molecular formula is C10Br10Fe. The molecule has 0 amide bonds. The molecule has 0 N–H and O–H groups in total. The Kier molecular flexibility index (Phi) is 13.1. The molecule has 0 saturated heterocycles. The summed E-state index contributed by atoms with van der Waals surface area (Å²) < 4.78 is 10.2. The Balaban J connectivity index is 0.000000364. The molecule has 0 aliphatic rings. The van der Waals surface area contributed by atoms with Crippen molar-refractivity contribution in [3.63, 3.8) is 0 Å². The maximum Gasteiger partial charge on any atom is 2.00 e. The number of hydrogen-bond donors (Lipinski definition) is 0. The van der Waals surface area contributed by atoms with Gasteiger partial charge in [0.1, 0.15) is 0 Å². The summed E-state index contributed by atoms with van der Waals surface area (Å²) >= 11 is 34.0. The quantitative estimate of drug-likeness (QED) is 0.182. The molecule has 21 heavy (non-hydrogen) atoms. The number of rotatable bonds is 0. The van der Waals surface area contributed by atoms with Gasteiger partial charge < -0.3 is 0 Å². The van der Waals surface area contributed by atoms with Gasteiger partial charge in [-0.3, -0.25) is 0 Å². The third kappa shape index (κ3) is 6.01. The van der Waals surface area contributed by atoms with Gasteiger partial charge in [0.25, 0.3) is 0 Å². The summed E-state index contributed by atoms with van der Waals surface area (Å²) in [6, 6.07) is 0. The van der Waals surface area contributed by atoms with Crippen molar-refractivity contribution in [3.8, 4) is 0 Å². The van der Waals surface area contributed by atoms with Crippen LogP contribution in [0.1, 0.15) is 0 Å². The van der Waals surface area contributed by atoms with Crippen molar-refractivity contribution in [1.82, 2.24) is 0 Å². The zero-order chi connectivity index (χ0) is 15.8. The van der Waals surface area contributed by atoms with Crippen LogP contribution in [0.2, 0.25) is 0 Å². The average Bonchev–Trinajstić information content (AvgIpc) is 2.71. The predicted octanol–water partition coefficient (Wildman–Crippen LogP) is 10.4. The first-order valence-electron chi connectivity index (χ1n) is 4.39. The summed E-state index contributed by atoms with van der Waals surface area (Å²) in [6.45, 7) is 0. The van der Waals surface area contributed by atoms with Crippen LogP contribution in [0.15, 0.2) is 44.7 Å². The molecule has 0 aliphatic heterocycles. The summed E-state index contributed by atoms with van der Waals surface area (Å²) in [4.78, 5) is 0. The first kappa shape index (κ1) is 25.0. The summed E-state index contributed by atoms with van der Waals surface area (Å²) in [5.74, 6) is 0. The Labute approximate surface area is 217 Å². The SMILES string of the molecule is Brc1c(Br)c(Br)[c-](Br)c1Br.Brc1c(Br)c(Br)[c-](Br)c1Br.[Fe+2]. The Bertz CT molecular complexity index is 424. The summed E-state index contributed by atoms with van der Waals surface area (Å²) in [6.07, 6.45) is 0. The third-order valence-electron chi connectivity index (χ3n) is 1.93. The molecule has 2 rings (SSSR count). The van der Waals surface area contributed by atoms with Gasteiger partial charge in [0, 0.05) is 0 Å². The van der Waals surface area contributed by atoms with Gasteiger partial charge in [-0.2, -0.15) is 0 Å². The van der Waals surface area contributed by atoms with Crippen LogP contribution in [-0.4, -0.2) is 0 Å². The van der Waals surface area contributed by atoms with Gasteiger partial charge in [0.05, 0.1) is 0 Å². The summed E-state index contributed by atoms with van der Waals surface area (Å²) in [5, 5.41) is 0. The average molecular weight is 975 g/mol. The van der Waals surface area contributed by atoms with Gasteiger partial charge in [-0.1, -0.05) is 90.6 Å². The zero-order valence-electron chi connectivity index (χ0n) is 9.13. The van der Waals surface area contributed by atoms with Crippen molar-refractivity contribution in [1.29, 1.82) is 0 Å². The molecule has 11 heteroatoms. The molecule has 0 aliphatic carbocycles. The molecule has 2 aromatic rings. The molecule has 0 aromatic heterocycles. The van der Waals surface area contributed by atoms with E-state index in [1.165, 1.54) is 0 Å². The van der Waals surface area contributed by atoms with Crippen molar-refractivity contribution in [2.45, 2.75) is 0 Å². The Morgan fingerprint density at radius 3 is 0.619 bits per heavy atom. The van der Waals surface area contributed by atoms with Crippen molar-refractivity contribution in [2.75, 3.05) is 0 Å². The predicted molar refractivity (Wildman–Crippen MR) is 121 cm³/mol. The molecule has 0 nitrogen and oxygen atoms in total. The third-order valence-corrected chi connectivity index (χ3v) is 15.2. The molecular weight excluding hydrogens is 975 g/mol. The fourth-order valence-corrected chi connectivity index (χ4v) is 7.59. The van der Waals surface area contributed by atoms with E-state index in [-0.39, 0.29) is 17.1 Å². The summed E-state index contributed by atoms with van der Waals surface area (Å²) in [5.41, 5.74) is 0. The van der Waals surface area contributed by atoms with Crippen molar-refractivity contribution >= 4 is 159 Å². The van der Waals surface area contributed by atoms with E-state index in [9.17, 15) is 0 Å². The normalized spacial score (nSPS) is 10.0. The van der Waals surface area contributed by atoms with Gasteiger partial charge >= 0.3 is 17.1 Å². The van der Waals surface area contributed by atoms with E-state index in [0.717, 1.165) is 44.7 Å². The van der Waals surface area contributed by atoms with Crippen LogP contribution < -0.4 is 0 Å². The van der Waals surface area contributed by atoms with E-state index in [0.29, 0.717) is 0 Å². The maximum absolute atomic E-state index is 3.40. The van der Waals surface area contributed by atoms with E-state index in [4.69, 9.17) is 0 Å². The fourth-order valence-electron chi connectivity index (χ4n) is 0.964. The van der Waals surface area contributed by atoms with E-state index in [1.807, 2.05) is 0 Å². The first-order valence-corrected chi connectivity index (χ1v) is 12.3. The van der Waals surface area contributed by atoms with Gasteiger partial charge in [-0.15, -0.1) is 113 Å². The van der Waals surface area contributed by atoms with Crippen LogP contribution in [0.5, 0.6) is 0 Å². The minimum atomic E-state index is 0. The second-order valence-electron chi connectivity index (χ2n) is 3.14. The van der Waals surface area contributed by atoms with E-state index >= 15 is 0 Å². The molecule has 0 fully saturated rings. The Morgan fingerprint density at radius 2 is 0.571 bits per heavy atom. The number of hydrogen-bond acceptors (Lipinski definition) is 0. The van der Waals surface area contributed by atoms with Crippen LogP contribution in [0.4, 0.5) is 0 Å². The first-order chi connectivity index (χ1) is 9.11. The molecule has 0 heterocycles. The molecule has 0 spiro atoms. The van der Waals surface area contributed by atoms with Crippen LogP contribution >= 0.6 is 159 Å². The minimum absolute atomic E-state index is 0. The van der Waals surface area contributed by atoms with E-state index in [1.54, 1.807) is 0 Å². The molecule has 2 aromatic carbocycles. The topological polar surface area (TPSA) is 0 Å². The van der Waals surface area contributed by atoms with E-state index in [2.05, 4.69) is 159 Å². The van der Waals surface area contributed by atoms with Gasteiger partial charge in [0.15, 0.2) is 0 Å². The molecule has 0 saturated carbocycles. The van der Waals surface area contributed by atoms with Crippen molar-refractivity contribution in [2.24, 2.45) is 0 Å². The Morgan fingerprint density at radius 1 is 0.429 bits per heavy atom. The van der Waals surface area contributed by atoms with Crippen molar-refractivity contribution < 1.29 is 17.1 Å². The second-order valence-corrected chi connectivity index (χ2v) is 11.1. The molecule has 118 valence electrons. The molecule has 0 atom stereocenters. The van der Waals surface area contributed by atoms with Crippen LogP contribution in [0.25, 0.3) is 0 Å². The van der Waals surface area contributed by atoms with Gasteiger partial charge in [-0.25, -0.2) is 0 Å². The van der Waals surface area contributed by atoms with Crippen LogP contribution in [0, 0.1) is 0 Å². The monoisotopic (exact) mass is 965 g/mol. The van der Waals surface area contributed by atoms with Gasteiger partial charge in [0.2, 0.25) is 0 Å². The second kappa shape index (κ2) is 11.0. The Hall–Kier alpha value is 4.02. The largest absolute Gasteiger partial charge is 2.00 e. The molecule has 0 radical (unpaired) electrons. The maximum atomic E-state index is 3.40. The summed E-state index contributed by atoms with van der Waals surface area (Å²) in [7, 11) is 0. The fraction of sp³-hybridized carbons (Fsp3) is 0. The van der Waals surface area contributed by atoms with Crippen molar-refractivity contribution in [3.05, 3.63) is 44.7 Å². The van der Waals surface area contributed by atoms with E-state index < -0.39 is 0 Å².